The number of hydrogen-bond donors (Lipinski definition) is 0. The summed E-state index contributed by atoms with van der Waals surface area (Å²) in [6.45, 7) is 4.81. The van der Waals surface area contributed by atoms with Gasteiger partial charge in [-0.25, -0.2) is 4.39 Å². The van der Waals surface area contributed by atoms with Crippen molar-refractivity contribution in [2.24, 2.45) is 0 Å². The smallest absolute Gasteiger partial charge is 0.123 e. The van der Waals surface area contributed by atoms with Gasteiger partial charge in [0.25, 0.3) is 0 Å². The number of halogens is 1. The first-order chi connectivity index (χ1) is 12.2. The molecular formula is C21H22FN3. The SMILES string of the molecule is CC1c2cc(F)ccc2CCN1Cc1ccccc1Cn1cccn1. The van der Waals surface area contributed by atoms with Crippen LogP contribution < -0.4 is 0 Å². The second-order valence-electron chi connectivity index (χ2n) is 6.71. The lowest BCUT2D eigenvalue weighted by Gasteiger charge is -2.35. The van der Waals surface area contributed by atoms with E-state index in [0.29, 0.717) is 0 Å². The zero-order valence-electron chi connectivity index (χ0n) is 14.4. The first kappa shape index (κ1) is 16.0. The fraction of sp³-hybridized carbons (Fsp3) is 0.286. The van der Waals surface area contributed by atoms with E-state index in [1.54, 1.807) is 18.3 Å². The van der Waals surface area contributed by atoms with Gasteiger partial charge in [0.1, 0.15) is 5.82 Å². The predicted molar refractivity (Wildman–Crippen MR) is 96.7 cm³/mol. The van der Waals surface area contributed by atoms with Gasteiger partial charge in [0.05, 0.1) is 6.54 Å². The fourth-order valence-electron chi connectivity index (χ4n) is 3.71. The van der Waals surface area contributed by atoms with Crippen LogP contribution in [0.3, 0.4) is 0 Å². The molecule has 0 amide bonds. The summed E-state index contributed by atoms with van der Waals surface area (Å²) in [7, 11) is 0. The Balaban J connectivity index is 1.57. The van der Waals surface area contributed by atoms with E-state index in [2.05, 4.69) is 41.2 Å². The van der Waals surface area contributed by atoms with E-state index in [9.17, 15) is 4.39 Å². The van der Waals surface area contributed by atoms with Crippen LogP contribution >= 0.6 is 0 Å². The highest BCUT2D eigenvalue weighted by Gasteiger charge is 2.24. The molecule has 4 rings (SSSR count). The topological polar surface area (TPSA) is 21.1 Å². The second kappa shape index (κ2) is 6.81. The van der Waals surface area contributed by atoms with Gasteiger partial charge in [0.2, 0.25) is 0 Å². The van der Waals surface area contributed by atoms with Gasteiger partial charge in [0.15, 0.2) is 0 Å². The van der Waals surface area contributed by atoms with Crippen LogP contribution in [0.4, 0.5) is 4.39 Å². The summed E-state index contributed by atoms with van der Waals surface area (Å²) in [6.07, 6.45) is 4.77. The summed E-state index contributed by atoms with van der Waals surface area (Å²) in [4.78, 5) is 2.43. The first-order valence-electron chi connectivity index (χ1n) is 8.77. The van der Waals surface area contributed by atoms with Gasteiger partial charge in [-0.2, -0.15) is 5.10 Å². The van der Waals surface area contributed by atoms with Gasteiger partial charge in [-0.05, 0) is 53.8 Å². The molecule has 4 heteroatoms. The van der Waals surface area contributed by atoms with E-state index in [1.165, 1.54) is 16.7 Å². The molecule has 1 aliphatic rings. The van der Waals surface area contributed by atoms with Crippen LogP contribution in [-0.2, 0) is 19.5 Å². The Kier molecular flexibility index (Phi) is 4.36. The Morgan fingerprint density at radius 1 is 1.08 bits per heavy atom. The van der Waals surface area contributed by atoms with E-state index in [4.69, 9.17) is 0 Å². The van der Waals surface area contributed by atoms with Gasteiger partial charge >= 0.3 is 0 Å². The number of hydrogen-bond acceptors (Lipinski definition) is 2. The lowest BCUT2D eigenvalue weighted by molar-refractivity contribution is 0.188. The zero-order chi connectivity index (χ0) is 17.2. The molecule has 0 fully saturated rings. The molecule has 0 saturated heterocycles. The number of nitrogens with zero attached hydrogens (tertiary/aromatic N) is 3. The molecule has 1 atom stereocenters. The van der Waals surface area contributed by atoms with Gasteiger partial charge in [-0.15, -0.1) is 0 Å². The van der Waals surface area contributed by atoms with Crippen molar-refractivity contribution >= 4 is 0 Å². The Morgan fingerprint density at radius 3 is 2.64 bits per heavy atom. The van der Waals surface area contributed by atoms with Crippen molar-refractivity contribution in [3.8, 4) is 0 Å². The van der Waals surface area contributed by atoms with E-state index in [1.807, 2.05) is 23.0 Å². The Hall–Kier alpha value is -2.46. The average Bonchev–Trinajstić information content (AvgIpc) is 3.12. The van der Waals surface area contributed by atoms with E-state index >= 15 is 0 Å². The molecule has 2 heterocycles. The molecule has 3 nitrogen and oxygen atoms in total. The Bertz CT molecular complexity index is 857. The maximum absolute atomic E-state index is 13.7. The highest BCUT2D eigenvalue weighted by molar-refractivity contribution is 5.34. The molecule has 3 aromatic rings. The molecule has 128 valence electrons. The summed E-state index contributed by atoms with van der Waals surface area (Å²) in [5.74, 6) is -0.147. The lowest BCUT2D eigenvalue weighted by Crippen LogP contribution is -2.34. The van der Waals surface area contributed by atoms with E-state index in [-0.39, 0.29) is 11.9 Å². The maximum atomic E-state index is 13.7. The van der Waals surface area contributed by atoms with Crippen LogP contribution in [0.25, 0.3) is 0 Å². The number of fused-ring (bicyclic) bond motifs is 1. The Labute approximate surface area is 147 Å². The van der Waals surface area contributed by atoms with Crippen molar-refractivity contribution in [3.05, 3.63) is 89.0 Å². The van der Waals surface area contributed by atoms with Crippen LogP contribution in [0.1, 0.15) is 35.2 Å². The average molecular weight is 335 g/mol. The summed E-state index contributed by atoms with van der Waals surface area (Å²) < 4.78 is 15.6. The maximum Gasteiger partial charge on any atom is 0.123 e. The van der Waals surface area contributed by atoms with Crippen molar-refractivity contribution in [3.63, 3.8) is 0 Å². The molecule has 0 spiro atoms. The molecule has 0 saturated carbocycles. The predicted octanol–water partition coefficient (Wildman–Crippen LogP) is 4.19. The first-order valence-corrected chi connectivity index (χ1v) is 8.77. The lowest BCUT2D eigenvalue weighted by atomic mass is 9.92. The number of aromatic nitrogens is 2. The van der Waals surface area contributed by atoms with E-state index in [0.717, 1.165) is 31.6 Å². The van der Waals surface area contributed by atoms with Gasteiger partial charge in [0, 0.05) is 31.5 Å². The summed E-state index contributed by atoms with van der Waals surface area (Å²) in [6, 6.07) is 15.9. The largest absolute Gasteiger partial charge is 0.292 e. The van der Waals surface area contributed by atoms with E-state index < -0.39 is 0 Å². The summed E-state index contributed by atoms with van der Waals surface area (Å²) in [5.41, 5.74) is 4.99. The van der Waals surface area contributed by atoms with Crippen LogP contribution in [0.15, 0.2) is 60.9 Å². The third-order valence-electron chi connectivity index (χ3n) is 5.16. The van der Waals surface area contributed by atoms with Crippen molar-refractivity contribution < 1.29 is 4.39 Å². The number of benzene rings is 2. The summed E-state index contributed by atoms with van der Waals surface area (Å²) >= 11 is 0. The highest BCUT2D eigenvalue weighted by Crippen LogP contribution is 2.31. The normalized spacial score (nSPS) is 17.4. The molecule has 1 aliphatic heterocycles. The standard InChI is InChI=1S/C21H22FN3/c1-16-21-13-20(22)8-7-17(21)9-12-24(16)14-18-5-2-3-6-19(18)15-25-11-4-10-23-25/h2-8,10-11,13,16H,9,12,14-15H2,1H3. The van der Waals surface area contributed by atoms with Crippen molar-refractivity contribution in [2.45, 2.75) is 32.5 Å². The molecule has 2 aromatic carbocycles. The minimum Gasteiger partial charge on any atom is -0.292 e. The molecular weight excluding hydrogens is 313 g/mol. The van der Waals surface area contributed by atoms with Crippen LogP contribution in [0.5, 0.6) is 0 Å². The van der Waals surface area contributed by atoms with Gasteiger partial charge in [-0.1, -0.05) is 30.3 Å². The third kappa shape index (κ3) is 3.35. The minimum atomic E-state index is -0.147. The zero-order valence-corrected chi connectivity index (χ0v) is 14.4. The molecule has 25 heavy (non-hydrogen) atoms. The molecule has 0 aliphatic carbocycles. The van der Waals surface area contributed by atoms with Crippen LogP contribution in [0, 0.1) is 5.82 Å². The molecule has 0 radical (unpaired) electrons. The van der Waals surface area contributed by atoms with Crippen LogP contribution in [0.2, 0.25) is 0 Å². The highest BCUT2D eigenvalue weighted by atomic mass is 19.1. The molecule has 1 aromatic heterocycles. The number of rotatable bonds is 4. The van der Waals surface area contributed by atoms with Crippen molar-refractivity contribution in [2.75, 3.05) is 6.54 Å². The van der Waals surface area contributed by atoms with Crippen molar-refractivity contribution in [1.29, 1.82) is 0 Å². The minimum absolute atomic E-state index is 0.147. The fourth-order valence-corrected chi connectivity index (χ4v) is 3.71. The van der Waals surface area contributed by atoms with Crippen molar-refractivity contribution in [1.82, 2.24) is 14.7 Å². The molecule has 1 unspecified atom stereocenters. The quantitative estimate of drug-likeness (QED) is 0.713. The second-order valence-corrected chi connectivity index (χ2v) is 6.71. The molecule has 0 bridgehead atoms. The Morgan fingerprint density at radius 2 is 1.88 bits per heavy atom. The monoisotopic (exact) mass is 335 g/mol. The third-order valence-corrected chi connectivity index (χ3v) is 5.16. The molecule has 0 N–H and O–H groups in total. The van der Waals surface area contributed by atoms with Gasteiger partial charge in [-0.3, -0.25) is 9.58 Å². The van der Waals surface area contributed by atoms with Gasteiger partial charge < -0.3 is 0 Å². The van der Waals surface area contributed by atoms with Crippen LogP contribution in [-0.4, -0.2) is 21.2 Å². The summed E-state index contributed by atoms with van der Waals surface area (Å²) in [5, 5.41) is 4.32.